The Morgan fingerprint density at radius 3 is 2.56 bits per heavy atom. The van der Waals surface area contributed by atoms with E-state index in [0.29, 0.717) is 24.5 Å². The molecule has 7 heteroatoms. The van der Waals surface area contributed by atoms with E-state index in [4.69, 9.17) is 9.47 Å². The lowest BCUT2D eigenvalue weighted by Crippen LogP contribution is -2.36. The van der Waals surface area contributed by atoms with Crippen LogP contribution < -0.4 is 4.90 Å². The highest BCUT2D eigenvalue weighted by molar-refractivity contribution is 5.89. The smallest absolute Gasteiger partial charge is 0.340 e. The van der Waals surface area contributed by atoms with Crippen molar-refractivity contribution in [3.05, 3.63) is 59.5 Å². The largest absolute Gasteiger partial charge is 0.455 e. The third-order valence-corrected chi connectivity index (χ3v) is 4.50. The second kappa shape index (κ2) is 7.67. The Bertz CT molecular complexity index is 953. The zero-order valence-corrected chi connectivity index (χ0v) is 15.1. The van der Waals surface area contributed by atoms with Gasteiger partial charge in [-0.1, -0.05) is 12.1 Å². The molecule has 2 aromatic heterocycles. The standard InChI is InChI=1S/C20H20N4O3/c1-14-18(23-17-5-3-2-4-16(17)22-14)13-27-20(25)15-6-7-19(21-12-15)24-8-10-26-11-9-24/h2-7,12H,8-11,13H2,1H3. The summed E-state index contributed by atoms with van der Waals surface area (Å²) in [4.78, 5) is 27.9. The Balaban J connectivity index is 1.42. The van der Waals surface area contributed by atoms with Crippen LogP contribution in [0, 0.1) is 6.92 Å². The van der Waals surface area contributed by atoms with E-state index < -0.39 is 5.97 Å². The molecule has 1 saturated heterocycles. The number of aromatic nitrogens is 3. The second-order valence-corrected chi connectivity index (χ2v) is 6.33. The van der Waals surface area contributed by atoms with Crippen molar-refractivity contribution in [1.82, 2.24) is 15.0 Å². The Kier molecular flexibility index (Phi) is 4.93. The lowest BCUT2D eigenvalue weighted by atomic mass is 10.2. The first-order chi connectivity index (χ1) is 13.2. The number of morpholine rings is 1. The van der Waals surface area contributed by atoms with Gasteiger partial charge in [0.15, 0.2) is 0 Å². The number of hydrogen-bond donors (Lipinski definition) is 0. The van der Waals surface area contributed by atoms with E-state index in [-0.39, 0.29) is 6.61 Å². The Labute approximate surface area is 157 Å². The highest BCUT2D eigenvalue weighted by Crippen LogP contribution is 2.16. The molecule has 1 aliphatic heterocycles. The molecule has 3 aromatic rings. The molecule has 3 heterocycles. The topological polar surface area (TPSA) is 77.4 Å². The number of carbonyl (C=O) groups excluding carboxylic acids is 1. The van der Waals surface area contributed by atoms with Gasteiger partial charge in [0, 0.05) is 19.3 Å². The van der Waals surface area contributed by atoms with Crippen molar-refractivity contribution in [1.29, 1.82) is 0 Å². The van der Waals surface area contributed by atoms with E-state index in [0.717, 1.165) is 35.6 Å². The van der Waals surface area contributed by atoms with Crippen LogP contribution in [-0.2, 0) is 16.1 Å². The molecule has 27 heavy (non-hydrogen) atoms. The van der Waals surface area contributed by atoms with Gasteiger partial charge in [-0.3, -0.25) is 0 Å². The van der Waals surface area contributed by atoms with Gasteiger partial charge in [-0.2, -0.15) is 0 Å². The lowest BCUT2D eigenvalue weighted by molar-refractivity contribution is 0.0466. The predicted octanol–water partition coefficient (Wildman–Crippen LogP) is 2.53. The molecule has 4 rings (SSSR count). The Hall–Kier alpha value is -3.06. The molecule has 0 atom stereocenters. The minimum atomic E-state index is -0.426. The number of benzene rings is 1. The van der Waals surface area contributed by atoms with Gasteiger partial charge in [-0.25, -0.2) is 19.7 Å². The van der Waals surface area contributed by atoms with E-state index in [1.54, 1.807) is 12.3 Å². The Morgan fingerprint density at radius 1 is 1.11 bits per heavy atom. The van der Waals surface area contributed by atoms with Crippen molar-refractivity contribution in [3.63, 3.8) is 0 Å². The molecule has 1 aliphatic rings. The van der Waals surface area contributed by atoms with Crippen molar-refractivity contribution in [2.24, 2.45) is 0 Å². The maximum absolute atomic E-state index is 12.3. The molecule has 0 bridgehead atoms. The van der Waals surface area contributed by atoms with Crippen molar-refractivity contribution >= 4 is 22.8 Å². The van der Waals surface area contributed by atoms with Gasteiger partial charge in [0.1, 0.15) is 12.4 Å². The number of anilines is 1. The molecular weight excluding hydrogens is 344 g/mol. The fraction of sp³-hybridized carbons (Fsp3) is 0.300. The quantitative estimate of drug-likeness (QED) is 0.658. The van der Waals surface area contributed by atoms with E-state index in [1.165, 1.54) is 0 Å². The first kappa shape index (κ1) is 17.4. The molecule has 0 N–H and O–H groups in total. The number of nitrogens with zero attached hydrogens (tertiary/aromatic N) is 4. The van der Waals surface area contributed by atoms with E-state index in [9.17, 15) is 4.79 Å². The zero-order chi connectivity index (χ0) is 18.6. The number of para-hydroxylation sites is 2. The lowest BCUT2D eigenvalue weighted by Gasteiger charge is -2.27. The van der Waals surface area contributed by atoms with Crippen LogP contribution >= 0.6 is 0 Å². The first-order valence-electron chi connectivity index (χ1n) is 8.89. The molecule has 0 amide bonds. The highest BCUT2D eigenvalue weighted by Gasteiger charge is 2.15. The molecule has 0 unspecified atom stereocenters. The van der Waals surface area contributed by atoms with Crippen molar-refractivity contribution < 1.29 is 14.3 Å². The van der Waals surface area contributed by atoms with Gasteiger partial charge >= 0.3 is 5.97 Å². The number of aryl methyl sites for hydroxylation is 1. The third-order valence-electron chi connectivity index (χ3n) is 4.50. The molecule has 0 spiro atoms. The third kappa shape index (κ3) is 3.88. The highest BCUT2D eigenvalue weighted by atomic mass is 16.5. The number of rotatable bonds is 4. The maximum atomic E-state index is 12.3. The van der Waals surface area contributed by atoms with Crippen LogP contribution in [0.15, 0.2) is 42.6 Å². The average Bonchev–Trinajstić information content (AvgIpc) is 2.73. The number of esters is 1. The molecule has 1 aromatic carbocycles. The number of hydrogen-bond acceptors (Lipinski definition) is 7. The van der Waals surface area contributed by atoms with Crippen molar-refractivity contribution in [3.8, 4) is 0 Å². The molecule has 138 valence electrons. The SMILES string of the molecule is Cc1nc2ccccc2nc1COC(=O)c1ccc(N2CCOCC2)nc1. The van der Waals surface area contributed by atoms with Gasteiger partial charge in [0.2, 0.25) is 0 Å². The van der Waals surface area contributed by atoms with Crippen molar-refractivity contribution in [2.45, 2.75) is 13.5 Å². The van der Waals surface area contributed by atoms with Gasteiger partial charge in [-0.05, 0) is 31.2 Å². The summed E-state index contributed by atoms with van der Waals surface area (Å²) in [5.41, 5.74) is 3.43. The van der Waals surface area contributed by atoms with Crippen LogP contribution in [0.4, 0.5) is 5.82 Å². The molecule has 7 nitrogen and oxygen atoms in total. The number of fused-ring (bicyclic) bond motifs is 1. The van der Waals surface area contributed by atoms with Gasteiger partial charge in [0.25, 0.3) is 0 Å². The molecule has 0 radical (unpaired) electrons. The van der Waals surface area contributed by atoms with E-state index in [1.807, 2.05) is 37.3 Å². The number of carbonyl (C=O) groups is 1. The first-order valence-corrected chi connectivity index (χ1v) is 8.89. The summed E-state index contributed by atoms with van der Waals surface area (Å²) in [6.45, 7) is 4.93. The monoisotopic (exact) mass is 364 g/mol. The summed E-state index contributed by atoms with van der Waals surface area (Å²) < 4.78 is 10.8. The predicted molar refractivity (Wildman–Crippen MR) is 101 cm³/mol. The minimum Gasteiger partial charge on any atom is -0.455 e. The van der Waals surface area contributed by atoms with E-state index in [2.05, 4.69) is 19.9 Å². The fourth-order valence-corrected chi connectivity index (χ4v) is 2.97. The van der Waals surface area contributed by atoms with E-state index >= 15 is 0 Å². The van der Waals surface area contributed by atoms with Crippen LogP contribution in [0.25, 0.3) is 11.0 Å². The second-order valence-electron chi connectivity index (χ2n) is 6.33. The summed E-state index contributed by atoms with van der Waals surface area (Å²) in [5.74, 6) is 0.413. The van der Waals surface area contributed by atoms with Crippen LogP contribution in [0.2, 0.25) is 0 Å². The maximum Gasteiger partial charge on any atom is 0.340 e. The Morgan fingerprint density at radius 2 is 1.85 bits per heavy atom. The summed E-state index contributed by atoms with van der Waals surface area (Å²) in [5, 5.41) is 0. The summed E-state index contributed by atoms with van der Waals surface area (Å²) in [6, 6.07) is 11.2. The number of pyridine rings is 1. The summed E-state index contributed by atoms with van der Waals surface area (Å²) in [6.07, 6.45) is 1.55. The molecule has 0 aliphatic carbocycles. The van der Waals surface area contributed by atoms with Crippen LogP contribution in [0.1, 0.15) is 21.7 Å². The summed E-state index contributed by atoms with van der Waals surface area (Å²) in [7, 11) is 0. The fourth-order valence-electron chi connectivity index (χ4n) is 2.97. The van der Waals surface area contributed by atoms with Crippen LogP contribution in [0.3, 0.4) is 0 Å². The number of ether oxygens (including phenoxy) is 2. The normalized spacial score (nSPS) is 14.3. The molecule has 0 saturated carbocycles. The van der Waals surface area contributed by atoms with Crippen molar-refractivity contribution in [2.75, 3.05) is 31.2 Å². The van der Waals surface area contributed by atoms with Gasteiger partial charge in [0.05, 0.1) is 41.2 Å². The molecule has 1 fully saturated rings. The zero-order valence-electron chi connectivity index (χ0n) is 15.1. The minimum absolute atomic E-state index is 0.0771. The van der Waals surface area contributed by atoms with Gasteiger partial charge < -0.3 is 14.4 Å². The van der Waals surface area contributed by atoms with Gasteiger partial charge in [-0.15, -0.1) is 0 Å². The average molecular weight is 364 g/mol. The summed E-state index contributed by atoms with van der Waals surface area (Å²) >= 11 is 0. The van der Waals surface area contributed by atoms with Crippen LogP contribution in [0.5, 0.6) is 0 Å². The van der Waals surface area contributed by atoms with Crippen LogP contribution in [-0.4, -0.2) is 47.2 Å². The molecular formula is C20H20N4O3.